The van der Waals surface area contributed by atoms with Crippen LogP contribution < -0.4 is 0 Å². The molecule has 0 aliphatic rings. The Morgan fingerprint density at radius 1 is 0.741 bits per heavy atom. The molecule has 162 valence electrons. The van der Waals surface area contributed by atoms with Gasteiger partial charge in [-0.1, -0.05) is 71.1 Å². The lowest BCUT2D eigenvalue weighted by atomic mass is 10.0. The summed E-state index contributed by atoms with van der Waals surface area (Å²) in [5.41, 5.74) is 0. The Hall–Kier alpha value is -0.730. The largest absolute Gasteiger partial charge is 0.457 e. The van der Waals surface area contributed by atoms with Crippen molar-refractivity contribution >= 4 is 5.97 Å². The number of aliphatic hydroxyl groups excluding tert-OH is 5. The van der Waals surface area contributed by atoms with E-state index in [-0.39, 0.29) is 6.42 Å². The molecule has 7 nitrogen and oxygen atoms in total. The molecule has 0 saturated carbocycles. The van der Waals surface area contributed by atoms with Crippen LogP contribution in [0.3, 0.4) is 0 Å². The third-order valence-corrected chi connectivity index (χ3v) is 4.74. The van der Waals surface area contributed by atoms with Crippen molar-refractivity contribution in [3.05, 3.63) is 0 Å². The summed E-state index contributed by atoms with van der Waals surface area (Å²) in [5.74, 6) is -0.604. The maximum Gasteiger partial charge on any atom is 0.306 e. The molecular weight excluding hydrogens is 352 g/mol. The number of esters is 1. The molecule has 0 aliphatic heterocycles. The van der Waals surface area contributed by atoms with Crippen LogP contribution in [0.1, 0.15) is 84.0 Å². The van der Waals surface area contributed by atoms with Gasteiger partial charge in [-0.05, 0) is 6.42 Å². The molecule has 7 heteroatoms. The minimum absolute atomic E-state index is 0.146. The van der Waals surface area contributed by atoms with Crippen LogP contribution in [0.5, 0.6) is 0 Å². The van der Waals surface area contributed by atoms with Gasteiger partial charge in [0.15, 0.2) is 6.10 Å². The average Bonchev–Trinajstić information content (AvgIpc) is 2.68. The number of carbonyl (C=O) groups excluding carboxylic acids is 1. The number of hydrogen-bond donors (Lipinski definition) is 5. The highest BCUT2D eigenvalue weighted by Gasteiger charge is 2.34. The maximum absolute atomic E-state index is 11.9. The Bertz CT molecular complexity index is 351. The molecule has 0 fully saturated rings. The summed E-state index contributed by atoms with van der Waals surface area (Å²) in [5, 5.41) is 46.8. The molecule has 0 bridgehead atoms. The molecule has 0 rings (SSSR count). The van der Waals surface area contributed by atoms with E-state index in [0.717, 1.165) is 19.3 Å². The molecule has 5 N–H and O–H groups in total. The highest BCUT2D eigenvalue weighted by atomic mass is 16.6. The number of unbranched alkanes of at least 4 members (excludes halogenated alkanes) is 10. The number of hydrogen-bond acceptors (Lipinski definition) is 7. The quantitative estimate of drug-likeness (QED) is 0.177. The van der Waals surface area contributed by atoms with E-state index in [0.29, 0.717) is 6.42 Å². The van der Waals surface area contributed by atoms with Gasteiger partial charge >= 0.3 is 5.97 Å². The topological polar surface area (TPSA) is 127 Å². The molecule has 0 amide bonds. The highest BCUT2D eigenvalue weighted by Crippen LogP contribution is 2.14. The van der Waals surface area contributed by atoms with Crippen molar-refractivity contribution in [3.8, 4) is 0 Å². The molecule has 27 heavy (non-hydrogen) atoms. The zero-order chi connectivity index (χ0) is 20.5. The first-order chi connectivity index (χ1) is 13.0. The van der Waals surface area contributed by atoms with E-state index in [1.54, 1.807) is 0 Å². The monoisotopic (exact) mass is 392 g/mol. The van der Waals surface area contributed by atoms with Crippen molar-refractivity contribution in [1.29, 1.82) is 0 Å². The fraction of sp³-hybridized carbons (Fsp3) is 0.950. The molecular formula is C20H40O7. The lowest BCUT2D eigenvalue weighted by molar-refractivity contribution is -0.177. The zero-order valence-electron chi connectivity index (χ0n) is 16.8. The summed E-state index contributed by atoms with van der Waals surface area (Å²) < 4.78 is 5.01. The summed E-state index contributed by atoms with van der Waals surface area (Å²) >= 11 is 0. The normalized spacial score (nSPS) is 15.9. The van der Waals surface area contributed by atoms with E-state index in [4.69, 9.17) is 14.9 Å². The Morgan fingerprint density at radius 2 is 1.19 bits per heavy atom. The molecule has 0 aromatic rings. The summed E-state index contributed by atoms with van der Waals surface area (Å²) in [7, 11) is 0. The molecule has 0 aromatic carbocycles. The summed E-state index contributed by atoms with van der Waals surface area (Å²) in [6, 6.07) is 0. The van der Waals surface area contributed by atoms with Crippen LogP contribution in [0.15, 0.2) is 0 Å². The second kappa shape index (κ2) is 17.4. The molecule has 0 heterocycles. The van der Waals surface area contributed by atoms with Gasteiger partial charge in [0.25, 0.3) is 0 Å². The predicted molar refractivity (Wildman–Crippen MR) is 103 cm³/mol. The summed E-state index contributed by atoms with van der Waals surface area (Å²) in [6.45, 7) is 0.739. The summed E-state index contributed by atoms with van der Waals surface area (Å²) in [4.78, 5) is 11.9. The van der Waals surface area contributed by atoms with Crippen molar-refractivity contribution in [2.45, 2.75) is 108 Å². The smallest absolute Gasteiger partial charge is 0.306 e. The van der Waals surface area contributed by atoms with Crippen molar-refractivity contribution in [3.63, 3.8) is 0 Å². The van der Waals surface area contributed by atoms with Gasteiger partial charge in [-0.15, -0.1) is 0 Å². The Kier molecular flexibility index (Phi) is 16.9. The van der Waals surface area contributed by atoms with Gasteiger partial charge < -0.3 is 30.3 Å². The number of rotatable bonds is 18. The average molecular weight is 393 g/mol. The third kappa shape index (κ3) is 13.1. The van der Waals surface area contributed by atoms with Crippen molar-refractivity contribution in [2.75, 3.05) is 13.2 Å². The van der Waals surface area contributed by atoms with Crippen LogP contribution in [0.25, 0.3) is 0 Å². The molecule has 0 unspecified atom stereocenters. The van der Waals surface area contributed by atoms with Crippen LogP contribution in [0, 0.1) is 0 Å². The van der Waals surface area contributed by atoms with Crippen LogP contribution in [0.2, 0.25) is 0 Å². The van der Waals surface area contributed by atoms with Crippen LogP contribution in [0.4, 0.5) is 0 Å². The lowest BCUT2D eigenvalue weighted by Crippen LogP contribution is -2.49. The third-order valence-electron chi connectivity index (χ3n) is 4.74. The van der Waals surface area contributed by atoms with Crippen LogP contribution >= 0.6 is 0 Å². The van der Waals surface area contributed by atoms with Gasteiger partial charge in [0.05, 0.1) is 13.2 Å². The number of carbonyl (C=O) groups is 1. The second-order valence-electron chi connectivity index (χ2n) is 7.23. The molecule has 4 atom stereocenters. The van der Waals surface area contributed by atoms with Gasteiger partial charge in [0, 0.05) is 6.42 Å². The van der Waals surface area contributed by atoms with E-state index in [1.165, 1.54) is 44.9 Å². The molecule has 0 aliphatic carbocycles. The summed E-state index contributed by atoms with van der Waals surface area (Å²) in [6.07, 6.45) is 6.67. The van der Waals surface area contributed by atoms with E-state index < -0.39 is 43.6 Å². The first kappa shape index (κ1) is 26.3. The van der Waals surface area contributed by atoms with Gasteiger partial charge in [-0.2, -0.15) is 0 Å². The Balaban J connectivity index is 3.86. The van der Waals surface area contributed by atoms with E-state index in [9.17, 15) is 20.1 Å². The maximum atomic E-state index is 11.9. The lowest BCUT2D eigenvalue weighted by Gasteiger charge is -2.28. The fourth-order valence-electron chi connectivity index (χ4n) is 2.95. The number of ether oxygens (including phenoxy) is 1. The Labute approximate surface area is 163 Å². The highest BCUT2D eigenvalue weighted by molar-refractivity contribution is 5.69. The van der Waals surface area contributed by atoms with Gasteiger partial charge in [-0.3, -0.25) is 4.79 Å². The van der Waals surface area contributed by atoms with Crippen molar-refractivity contribution < 1.29 is 35.1 Å². The fourth-order valence-corrected chi connectivity index (χ4v) is 2.95. The van der Waals surface area contributed by atoms with Gasteiger partial charge in [0.1, 0.15) is 18.3 Å². The predicted octanol–water partition coefficient (Wildman–Crippen LogP) is 1.67. The standard InChI is InChI=1S/C20H40O7/c1-2-3-4-5-6-7-8-9-10-11-12-13-18(25)27-20(17(24)15-22)19(26)16(23)14-21/h16-17,19-24,26H,2-15H2,1H3/t16-,17-,19-,20-/m0/s1. The Morgan fingerprint density at radius 3 is 1.63 bits per heavy atom. The molecule has 0 saturated heterocycles. The zero-order valence-corrected chi connectivity index (χ0v) is 16.8. The second-order valence-corrected chi connectivity index (χ2v) is 7.23. The number of aliphatic hydroxyl groups is 5. The molecule has 0 spiro atoms. The van der Waals surface area contributed by atoms with Crippen LogP contribution in [-0.2, 0) is 9.53 Å². The van der Waals surface area contributed by atoms with Gasteiger partial charge in [-0.25, -0.2) is 0 Å². The minimum atomic E-state index is -1.67. The minimum Gasteiger partial charge on any atom is -0.457 e. The first-order valence-electron chi connectivity index (χ1n) is 10.4. The SMILES string of the molecule is CCCCCCCCCCCCCC(=O)O[C@H]([C@@H](O)[C@@H](O)CO)[C@@H](O)CO. The first-order valence-corrected chi connectivity index (χ1v) is 10.4. The van der Waals surface area contributed by atoms with Crippen molar-refractivity contribution in [2.24, 2.45) is 0 Å². The molecule has 0 radical (unpaired) electrons. The molecule has 0 aromatic heterocycles. The van der Waals surface area contributed by atoms with E-state index in [1.807, 2.05) is 0 Å². The van der Waals surface area contributed by atoms with E-state index >= 15 is 0 Å². The van der Waals surface area contributed by atoms with Crippen LogP contribution in [-0.4, -0.2) is 69.1 Å². The van der Waals surface area contributed by atoms with Crippen molar-refractivity contribution in [1.82, 2.24) is 0 Å². The van der Waals surface area contributed by atoms with Gasteiger partial charge in [0.2, 0.25) is 0 Å². The van der Waals surface area contributed by atoms with E-state index in [2.05, 4.69) is 6.92 Å².